The van der Waals surface area contributed by atoms with Crippen molar-refractivity contribution in [2.45, 2.75) is 39.5 Å². The van der Waals surface area contributed by atoms with Crippen molar-refractivity contribution in [3.63, 3.8) is 0 Å². The Morgan fingerprint density at radius 3 is 2.87 bits per heavy atom. The molecule has 15 heavy (non-hydrogen) atoms. The van der Waals surface area contributed by atoms with E-state index in [1.54, 1.807) is 6.92 Å². The van der Waals surface area contributed by atoms with Gasteiger partial charge in [-0.1, -0.05) is 26.2 Å². The normalized spacial score (nSPS) is 10.3. The van der Waals surface area contributed by atoms with Gasteiger partial charge in [-0.2, -0.15) is 0 Å². The van der Waals surface area contributed by atoms with Crippen LogP contribution in [0.5, 0.6) is 5.88 Å². The number of aryl methyl sites for hydroxylation is 1. The second-order valence-corrected chi connectivity index (χ2v) is 3.58. The number of aromatic amines is 1. The molecule has 1 heterocycles. The van der Waals surface area contributed by atoms with Crippen LogP contribution in [-0.4, -0.2) is 16.6 Å². The summed E-state index contributed by atoms with van der Waals surface area (Å²) in [7, 11) is 0. The molecule has 84 valence electrons. The molecule has 0 radical (unpaired) electrons. The molecule has 1 N–H and O–H groups in total. The second kappa shape index (κ2) is 6.22. The van der Waals surface area contributed by atoms with Crippen LogP contribution < -0.4 is 10.3 Å². The predicted molar refractivity (Wildman–Crippen MR) is 59.2 cm³/mol. The molecule has 4 nitrogen and oxygen atoms in total. The molecule has 0 saturated carbocycles. The first-order chi connectivity index (χ1) is 7.22. The van der Waals surface area contributed by atoms with Crippen LogP contribution in [0.2, 0.25) is 0 Å². The van der Waals surface area contributed by atoms with E-state index in [1.807, 2.05) is 0 Å². The maximum absolute atomic E-state index is 11.1. The average Bonchev–Trinajstić information content (AvgIpc) is 2.16. The Bertz CT molecular complexity index is 347. The molecule has 0 aromatic carbocycles. The van der Waals surface area contributed by atoms with Gasteiger partial charge in [0.15, 0.2) is 0 Å². The Morgan fingerprint density at radius 2 is 2.20 bits per heavy atom. The summed E-state index contributed by atoms with van der Waals surface area (Å²) in [5.41, 5.74) is -0.161. The Balaban J connectivity index is 2.34. The van der Waals surface area contributed by atoms with Gasteiger partial charge in [0.2, 0.25) is 5.88 Å². The van der Waals surface area contributed by atoms with Crippen LogP contribution in [-0.2, 0) is 0 Å². The lowest BCUT2D eigenvalue weighted by molar-refractivity contribution is 0.292. The van der Waals surface area contributed by atoms with Gasteiger partial charge in [-0.3, -0.25) is 4.79 Å². The summed E-state index contributed by atoms with van der Waals surface area (Å²) in [6, 6.07) is 1.38. The summed E-state index contributed by atoms with van der Waals surface area (Å²) in [5.74, 6) is 1.01. The van der Waals surface area contributed by atoms with Gasteiger partial charge in [0.05, 0.1) is 12.7 Å². The number of ether oxygens (including phenoxy) is 1. The van der Waals surface area contributed by atoms with Crippen molar-refractivity contribution >= 4 is 0 Å². The zero-order valence-electron chi connectivity index (χ0n) is 9.38. The van der Waals surface area contributed by atoms with Crippen LogP contribution in [0.25, 0.3) is 0 Å². The fourth-order valence-corrected chi connectivity index (χ4v) is 1.33. The number of unbranched alkanes of at least 4 members (excludes halogenated alkanes) is 3. The van der Waals surface area contributed by atoms with E-state index in [-0.39, 0.29) is 5.56 Å². The molecule has 1 aromatic heterocycles. The minimum Gasteiger partial charge on any atom is -0.477 e. The highest BCUT2D eigenvalue weighted by Gasteiger charge is 1.98. The Morgan fingerprint density at radius 1 is 1.40 bits per heavy atom. The molecule has 0 fully saturated rings. The predicted octanol–water partition coefficient (Wildman–Crippen LogP) is 2.04. The molecule has 1 aromatic rings. The van der Waals surface area contributed by atoms with Gasteiger partial charge < -0.3 is 9.72 Å². The molecule has 0 unspecified atom stereocenters. The van der Waals surface area contributed by atoms with Crippen molar-refractivity contribution in [3.8, 4) is 5.88 Å². The lowest BCUT2D eigenvalue weighted by Crippen LogP contribution is -2.10. The van der Waals surface area contributed by atoms with Gasteiger partial charge in [0.1, 0.15) is 5.82 Å². The van der Waals surface area contributed by atoms with Gasteiger partial charge in [-0.25, -0.2) is 4.98 Å². The Kier molecular flexibility index (Phi) is 4.87. The molecule has 0 bridgehead atoms. The molecular weight excluding hydrogens is 192 g/mol. The zero-order valence-corrected chi connectivity index (χ0v) is 9.38. The smallest absolute Gasteiger partial charge is 0.254 e. The fourth-order valence-electron chi connectivity index (χ4n) is 1.33. The fraction of sp³-hybridized carbons (Fsp3) is 0.636. The van der Waals surface area contributed by atoms with E-state index < -0.39 is 0 Å². The molecule has 0 amide bonds. The van der Waals surface area contributed by atoms with Crippen molar-refractivity contribution in [3.05, 3.63) is 22.2 Å². The van der Waals surface area contributed by atoms with Gasteiger partial charge in [-0.05, 0) is 13.3 Å². The molecule has 0 aliphatic rings. The number of hydrogen-bond acceptors (Lipinski definition) is 3. The quantitative estimate of drug-likeness (QED) is 0.731. The highest BCUT2D eigenvalue weighted by Crippen LogP contribution is 2.04. The van der Waals surface area contributed by atoms with Crippen LogP contribution >= 0.6 is 0 Å². The molecule has 0 saturated heterocycles. The minimum atomic E-state index is -0.161. The summed E-state index contributed by atoms with van der Waals surface area (Å²) in [6.07, 6.45) is 4.62. The Hall–Kier alpha value is -1.32. The minimum absolute atomic E-state index is 0.161. The van der Waals surface area contributed by atoms with Crippen LogP contribution in [0.4, 0.5) is 0 Å². The van der Waals surface area contributed by atoms with Crippen molar-refractivity contribution < 1.29 is 4.74 Å². The number of nitrogens with zero attached hydrogens (tertiary/aromatic N) is 1. The van der Waals surface area contributed by atoms with E-state index in [9.17, 15) is 4.79 Å². The standard InChI is InChI=1S/C11H18N2O2/c1-3-4-5-6-7-15-11-8-10(14)12-9(2)13-11/h8H,3-7H2,1-2H3,(H,12,13,14). The molecule has 4 heteroatoms. The van der Waals surface area contributed by atoms with E-state index in [0.717, 1.165) is 6.42 Å². The summed E-state index contributed by atoms with van der Waals surface area (Å²) in [5, 5.41) is 0. The highest BCUT2D eigenvalue weighted by atomic mass is 16.5. The maximum Gasteiger partial charge on any atom is 0.254 e. The summed E-state index contributed by atoms with van der Waals surface area (Å²) >= 11 is 0. The van der Waals surface area contributed by atoms with Crippen molar-refractivity contribution in [2.75, 3.05) is 6.61 Å². The van der Waals surface area contributed by atoms with Crippen molar-refractivity contribution in [1.82, 2.24) is 9.97 Å². The topological polar surface area (TPSA) is 55.0 Å². The monoisotopic (exact) mass is 210 g/mol. The van der Waals surface area contributed by atoms with Crippen LogP contribution in [0.15, 0.2) is 10.9 Å². The third kappa shape index (κ3) is 4.63. The van der Waals surface area contributed by atoms with Crippen molar-refractivity contribution in [2.24, 2.45) is 0 Å². The lowest BCUT2D eigenvalue weighted by atomic mass is 10.2. The van der Waals surface area contributed by atoms with Gasteiger partial charge in [0.25, 0.3) is 5.56 Å². The van der Waals surface area contributed by atoms with Crippen LogP contribution in [0, 0.1) is 6.92 Å². The number of aromatic nitrogens is 2. The van der Waals surface area contributed by atoms with E-state index >= 15 is 0 Å². The molecule has 1 rings (SSSR count). The number of H-pyrrole nitrogens is 1. The molecule has 0 atom stereocenters. The zero-order chi connectivity index (χ0) is 11.1. The average molecular weight is 210 g/mol. The first kappa shape index (κ1) is 11.8. The third-order valence-corrected chi connectivity index (χ3v) is 2.08. The molecule has 0 aliphatic heterocycles. The van der Waals surface area contributed by atoms with Crippen molar-refractivity contribution in [1.29, 1.82) is 0 Å². The third-order valence-electron chi connectivity index (χ3n) is 2.08. The van der Waals surface area contributed by atoms with Gasteiger partial charge in [-0.15, -0.1) is 0 Å². The highest BCUT2D eigenvalue weighted by molar-refractivity contribution is 5.07. The second-order valence-electron chi connectivity index (χ2n) is 3.58. The summed E-state index contributed by atoms with van der Waals surface area (Å²) < 4.78 is 5.38. The van der Waals surface area contributed by atoms with E-state index in [1.165, 1.54) is 25.3 Å². The van der Waals surface area contributed by atoms with E-state index in [0.29, 0.717) is 18.3 Å². The lowest BCUT2D eigenvalue weighted by Gasteiger charge is -2.04. The molecule has 0 aliphatic carbocycles. The summed E-state index contributed by atoms with van der Waals surface area (Å²) in [6.45, 7) is 4.55. The van der Waals surface area contributed by atoms with Crippen LogP contribution in [0.3, 0.4) is 0 Å². The van der Waals surface area contributed by atoms with E-state index in [4.69, 9.17) is 4.74 Å². The first-order valence-electron chi connectivity index (χ1n) is 5.43. The molecule has 0 spiro atoms. The molecular formula is C11H18N2O2. The Labute approximate surface area is 89.7 Å². The SMILES string of the molecule is CCCCCCOc1cc(=O)[nH]c(C)n1. The largest absolute Gasteiger partial charge is 0.477 e. The number of rotatable bonds is 6. The number of hydrogen-bond donors (Lipinski definition) is 1. The van der Waals surface area contributed by atoms with Gasteiger partial charge in [0, 0.05) is 0 Å². The summed E-state index contributed by atoms with van der Waals surface area (Å²) in [4.78, 5) is 17.7. The maximum atomic E-state index is 11.1. The number of nitrogens with one attached hydrogen (secondary N) is 1. The van der Waals surface area contributed by atoms with Gasteiger partial charge >= 0.3 is 0 Å². The first-order valence-corrected chi connectivity index (χ1v) is 5.43. The van der Waals surface area contributed by atoms with Crippen LogP contribution in [0.1, 0.15) is 38.4 Å². The van der Waals surface area contributed by atoms with E-state index in [2.05, 4.69) is 16.9 Å².